The highest BCUT2D eigenvalue weighted by molar-refractivity contribution is 5.71. The maximum absolute atomic E-state index is 14.6. The van der Waals surface area contributed by atoms with Crippen molar-refractivity contribution in [2.75, 3.05) is 13.7 Å². The predicted molar refractivity (Wildman–Crippen MR) is 145 cm³/mol. The molecule has 1 atom stereocenters. The summed E-state index contributed by atoms with van der Waals surface area (Å²) in [5, 5.41) is 0. The molecule has 0 aliphatic heterocycles. The fourth-order valence-corrected chi connectivity index (χ4v) is 6.36. The van der Waals surface area contributed by atoms with Gasteiger partial charge in [0.25, 0.3) is 0 Å². The summed E-state index contributed by atoms with van der Waals surface area (Å²) in [6, 6.07) is 21.6. The van der Waals surface area contributed by atoms with Gasteiger partial charge in [-0.2, -0.15) is 4.39 Å². The number of hydrogen-bond acceptors (Lipinski definition) is 2. The third-order valence-electron chi connectivity index (χ3n) is 8.56. The molecule has 0 saturated heterocycles. The molecule has 5 rings (SSSR count). The molecule has 0 radical (unpaired) electrons. The first kappa shape index (κ1) is 25.7. The summed E-state index contributed by atoms with van der Waals surface area (Å²) in [6.45, 7) is 2.04. The van der Waals surface area contributed by atoms with E-state index in [9.17, 15) is 8.78 Å². The number of rotatable bonds is 7. The fraction of sp³-hybridized carbons (Fsp3) is 0.394. The highest BCUT2D eigenvalue weighted by Crippen LogP contribution is 2.47. The van der Waals surface area contributed by atoms with Crippen molar-refractivity contribution in [3.8, 4) is 16.9 Å². The molecule has 1 saturated carbocycles. The van der Waals surface area contributed by atoms with E-state index in [2.05, 4.69) is 36.4 Å². The van der Waals surface area contributed by atoms with Crippen LogP contribution >= 0.6 is 0 Å². The van der Waals surface area contributed by atoms with Crippen LogP contribution in [0.5, 0.6) is 5.75 Å². The zero-order chi connectivity index (χ0) is 25.8. The van der Waals surface area contributed by atoms with E-state index in [1.165, 1.54) is 42.0 Å². The molecular weight excluding hydrogens is 466 g/mol. The molecule has 2 nitrogen and oxygen atoms in total. The largest absolute Gasteiger partial charge is 0.491 e. The highest BCUT2D eigenvalue weighted by Gasteiger charge is 2.39. The summed E-state index contributed by atoms with van der Waals surface area (Å²) in [6.07, 6.45) is 10.3. The van der Waals surface area contributed by atoms with Crippen LogP contribution in [0.4, 0.5) is 8.78 Å². The Morgan fingerprint density at radius 1 is 0.811 bits per heavy atom. The first-order chi connectivity index (χ1) is 18.0. The Bertz CT molecular complexity index is 1230. The summed E-state index contributed by atoms with van der Waals surface area (Å²) in [5.74, 6) is -0.387. The van der Waals surface area contributed by atoms with Gasteiger partial charge >= 0.3 is 0 Å². The van der Waals surface area contributed by atoms with E-state index in [0.29, 0.717) is 12.2 Å². The van der Waals surface area contributed by atoms with E-state index in [1.54, 1.807) is 13.0 Å². The standard InChI is InChI=1S/C33H36F2O2/c1-3-37-30-18-17-29(31(34)32(30)35)27-15-13-24(14-16-27)23-9-11-25(12-10-23)26-19-21-33(36-2,22-20-26)28-7-5-4-6-8-28/h4-9,13-18,25-26H,3,10-12,19-22H2,1-2H3. The lowest BCUT2D eigenvalue weighted by molar-refractivity contribution is -0.0604. The summed E-state index contributed by atoms with van der Waals surface area (Å²) in [5.41, 5.74) is 4.61. The molecule has 1 fully saturated rings. The van der Waals surface area contributed by atoms with Crippen LogP contribution in [0.15, 0.2) is 72.8 Å². The van der Waals surface area contributed by atoms with E-state index in [4.69, 9.17) is 9.47 Å². The minimum atomic E-state index is -0.932. The van der Waals surface area contributed by atoms with E-state index in [-0.39, 0.29) is 16.9 Å². The summed E-state index contributed by atoms with van der Waals surface area (Å²) in [7, 11) is 1.86. The van der Waals surface area contributed by atoms with Gasteiger partial charge < -0.3 is 9.47 Å². The van der Waals surface area contributed by atoms with Crippen molar-refractivity contribution in [2.24, 2.45) is 11.8 Å². The van der Waals surface area contributed by atoms with Crippen LogP contribution in [-0.2, 0) is 10.3 Å². The SMILES string of the molecule is CCOc1ccc(-c2ccc(C3=CCC(C4CCC(OC)(c5ccccc5)CC4)CC3)cc2)c(F)c1F. The third-order valence-corrected chi connectivity index (χ3v) is 8.56. The Balaban J connectivity index is 1.22. The number of hydrogen-bond donors (Lipinski definition) is 0. The lowest BCUT2D eigenvalue weighted by Crippen LogP contribution is -2.35. The van der Waals surface area contributed by atoms with E-state index in [1.807, 2.05) is 31.4 Å². The summed E-state index contributed by atoms with van der Waals surface area (Å²) < 4.78 is 40.2. The van der Waals surface area contributed by atoms with Gasteiger partial charge in [-0.15, -0.1) is 0 Å². The molecule has 194 valence electrons. The maximum Gasteiger partial charge on any atom is 0.201 e. The molecule has 0 aromatic heterocycles. The number of ether oxygens (including phenoxy) is 2. The van der Waals surface area contributed by atoms with Gasteiger partial charge in [0.05, 0.1) is 12.2 Å². The summed E-state index contributed by atoms with van der Waals surface area (Å²) >= 11 is 0. The molecule has 0 spiro atoms. The van der Waals surface area contributed by atoms with Gasteiger partial charge in [-0.25, -0.2) is 4.39 Å². The number of halogens is 2. The van der Waals surface area contributed by atoms with Gasteiger partial charge in [-0.3, -0.25) is 0 Å². The predicted octanol–water partition coefficient (Wildman–Crippen LogP) is 8.95. The minimum Gasteiger partial charge on any atom is -0.491 e. The molecule has 3 aromatic carbocycles. The molecule has 2 aliphatic rings. The van der Waals surface area contributed by atoms with Crippen molar-refractivity contribution >= 4 is 5.57 Å². The molecule has 1 unspecified atom stereocenters. The van der Waals surface area contributed by atoms with Crippen LogP contribution in [0, 0.1) is 23.5 Å². The second kappa shape index (κ2) is 11.2. The van der Waals surface area contributed by atoms with Gasteiger partial charge in [-0.05, 0) is 98.1 Å². The Hall–Kier alpha value is -2.98. The van der Waals surface area contributed by atoms with Crippen LogP contribution in [-0.4, -0.2) is 13.7 Å². The molecule has 0 heterocycles. The Morgan fingerprint density at radius 2 is 1.51 bits per heavy atom. The number of allylic oxidation sites excluding steroid dienone is 2. The third kappa shape index (κ3) is 5.22. The Labute approximate surface area is 219 Å². The first-order valence-electron chi connectivity index (χ1n) is 13.6. The van der Waals surface area contributed by atoms with Gasteiger partial charge in [0.2, 0.25) is 5.82 Å². The van der Waals surface area contributed by atoms with Crippen LogP contribution in [0.1, 0.15) is 63.0 Å². The maximum atomic E-state index is 14.6. The van der Waals surface area contributed by atoms with Gasteiger partial charge in [0, 0.05) is 12.7 Å². The highest BCUT2D eigenvalue weighted by atomic mass is 19.2. The second-order valence-electron chi connectivity index (χ2n) is 10.4. The Morgan fingerprint density at radius 3 is 2.14 bits per heavy atom. The molecular formula is C33H36F2O2. The Kier molecular flexibility index (Phi) is 7.76. The number of methoxy groups -OCH3 is 1. The van der Waals surface area contributed by atoms with Crippen molar-refractivity contribution < 1.29 is 18.3 Å². The van der Waals surface area contributed by atoms with Crippen molar-refractivity contribution in [1.29, 1.82) is 0 Å². The monoisotopic (exact) mass is 502 g/mol. The van der Waals surface area contributed by atoms with Crippen molar-refractivity contribution in [2.45, 2.75) is 57.5 Å². The van der Waals surface area contributed by atoms with Gasteiger partial charge in [-0.1, -0.05) is 60.7 Å². The van der Waals surface area contributed by atoms with Crippen LogP contribution in [0.2, 0.25) is 0 Å². The normalized spacial score (nSPS) is 23.9. The fourth-order valence-electron chi connectivity index (χ4n) is 6.36. The van der Waals surface area contributed by atoms with Crippen molar-refractivity contribution in [1.82, 2.24) is 0 Å². The molecule has 37 heavy (non-hydrogen) atoms. The number of benzene rings is 3. The second-order valence-corrected chi connectivity index (χ2v) is 10.4. The van der Waals surface area contributed by atoms with E-state index < -0.39 is 11.6 Å². The van der Waals surface area contributed by atoms with Crippen LogP contribution in [0.25, 0.3) is 16.7 Å². The average molecular weight is 503 g/mol. The molecule has 0 N–H and O–H groups in total. The lowest BCUT2D eigenvalue weighted by atomic mass is 9.68. The first-order valence-corrected chi connectivity index (χ1v) is 13.6. The molecule has 2 aliphatic carbocycles. The van der Waals surface area contributed by atoms with Crippen molar-refractivity contribution in [3.63, 3.8) is 0 Å². The zero-order valence-electron chi connectivity index (χ0n) is 21.8. The topological polar surface area (TPSA) is 18.5 Å². The molecule has 3 aromatic rings. The van der Waals surface area contributed by atoms with Crippen LogP contribution < -0.4 is 4.74 Å². The van der Waals surface area contributed by atoms with E-state index in [0.717, 1.165) is 37.5 Å². The minimum absolute atomic E-state index is 0.0479. The van der Waals surface area contributed by atoms with Crippen molar-refractivity contribution in [3.05, 3.63) is 95.6 Å². The van der Waals surface area contributed by atoms with Gasteiger partial charge in [0.15, 0.2) is 11.6 Å². The molecule has 0 amide bonds. The quantitative estimate of drug-likeness (QED) is 0.321. The lowest BCUT2D eigenvalue weighted by Gasteiger charge is -2.42. The van der Waals surface area contributed by atoms with E-state index >= 15 is 0 Å². The van der Waals surface area contributed by atoms with Crippen LogP contribution in [0.3, 0.4) is 0 Å². The van der Waals surface area contributed by atoms with Gasteiger partial charge in [0.1, 0.15) is 0 Å². The zero-order valence-corrected chi connectivity index (χ0v) is 21.8. The molecule has 0 bridgehead atoms. The summed E-state index contributed by atoms with van der Waals surface area (Å²) in [4.78, 5) is 0. The molecule has 4 heteroatoms. The smallest absolute Gasteiger partial charge is 0.201 e. The average Bonchev–Trinajstić information content (AvgIpc) is 2.96.